The Hall–Kier alpha value is -0.930. The van der Waals surface area contributed by atoms with Crippen molar-refractivity contribution in [1.82, 2.24) is 0 Å². The second-order valence-electron chi connectivity index (χ2n) is 3.40. The van der Waals surface area contributed by atoms with Crippen molar-refractivity contribution in [2.45, 2.75) is 19.4 Å². The highest BCUT2D eigenvalue weighted by atomic mass is 19.1. The maximum absolute atomic E-state index is 13.2. The third-order valence-corrected chi connectivity index (χ3v) is 2.26. The first kappa shape index (κ1) is 11.1. The van der Waals surface area contributed by atoms with E-state index in [1.807, 2.05) is 6.07 Å². The van der Waals surface area contributed by atoms with Crippen molar-refractivity contribution in [3.63, 3.8) is 0 Å². The molecule has 1 unspecified atom stereocenters. The van der Waals surface area contributed by atoms with Crippen LogP contribution in [0.4, 0.5) is 4.39 Å². The average Bonchev–Trinajstić information content (AvgIpc) is 2.18. The molecule has 1 aromatic carbocycles. The van der Waals surface area contributed by atoms with E-state index in [0.29, 0.717) is 18.6 Å². The topological polar surface area (TPSA) is 35.2 Å². The van der Waals surface area contributed by atoms with E-state index in [0.717, 1.165) is 5.56 Å². The fourth-order valence-corrected chi connectivity index (χ4v) is 1.25. The van der Waals surface area contributed by atoms with E-state index in [2.05, 4.69) is 0 Å². The van der Waals surface area contributed by atoms with E-state index >= 15 is 0 Å². The van der Waals surface area contributed by atoms with Gasteiger partial charge >= 0.3 is 0 Å². The molecule has 0 aromatic heterocycles. The molecule has 0 saturated heterocycles. The molecule has 0 amide bonds. The average molecular weight is 197 g/mol. The normalized spacial score (nSPS) is 12.9. The Labute approximate surface area is 83.9 Å². The standard InChI is InChI=1S/C11H16FNO/c1-8-3-4-9(7-10(8)12)11(13)5-6-14-2/h3-4,7,11H,5-6,13H2,1-2H3. The Bertz CT molecular complexity index is 301. The van der Waals surface area contributed by atoms with E-state index in [4.69, 9.17) is 10.5 Å². The van der Waals surface area contributed by atoms with Crippen molar-refractivity contribution in [2.75, 3.05) is 13.7 Å². The summed E-state index contributed by atoms with van der Waals surface area (Å²) in [6.07, 6.45) is 0.707. The van der Waals surface area contributed by atoms with Crippen LogP contribution in [0.15, 0.2) is 18.2 Å². The first-order valence-electron chi connectivity index (χ1n) is 4.65. The largest absolute Gasteiger partial charge is 0.385 e. The number of hydrogen-bond acceptors (Lipinski definition) is 2. The summed E-state index contributed by atoms with van der Waals surface area (Å²) in [6, 6.07) is 4.95. The summed E-state index contributed by atoms with van der Waals surface area (Å²) < 4.78 is 18.1. The number of aryl methyl sites for hydroxylation is 1. The maximum atomic E-state index is 13.2. The van der Waals surface area contributed by atoms with Crippen LogP contribution in [0.2, 0.25) is 0 Å². The van der Waals surface area contributed by atoms with E-state index < -0.39 is 0 Å². The number of methoxy groups -OCH3 is 1. The van der Waals surface area contributed by atoms with Crippen LogP contribution in [0.25, 0.3) is 0 Å². The van der Waals surface area contributed by atoms with Gasteiger partial charge in [-0.3, -0.25) is 0 Å². The van der Waals surface area contributed by atoms with Gasteiger partial charge in [0.25, 0.3) is 0 Å². The minimum Gasteiger partial charge on any atom is -0.385 e. The van der Waals surface area contributed by atoms with Crippen molar-refractivity contribution < 1.29 is 9.13 Å². The van der Waals surface area contributed by atoms with Crippen LogP contribution in [0.1, 0.15) is 23.6 Å². The van der Waals surface area contributed by atoms with Crippen LogP contribution in [0.3, 0.4) is 0 Å². The lowest BCUT2D eigenvalue weighted by atomic mass is 10.0. The molecule has 0 heterocycles. The fraction of sp³-hybridized carbons (Fsp3) is 0.455. The quantitative estimate of drug-likeness (QED) is 0.802. The molecule has 14 heavy (non-hydrogen) atoms. The van der Waals surface area contributed by atoms with Gasteiger partial charge in [0.05, 0.1) is 0 Å². The number of rotatable bonds is 4. The minimum absolute atomic E-state index is 0.148. The van der Waals surface area contributed by atoms with Gasteiger partial charge in [-0.25, -0.2) is 4.39 Å². The van der Waals surface area contributed by atoms with Crippen LogP contribution in [0, 0.1) is 12.7 Å². The summed E-state index contributed by atoms with van der Waals surface area (Å²) in [5.41, 5.74) is 7.32. The molecule has 0 bridgehead atoms. The lowest BCUT2D eigenvalue weighted by Gasteiger charge is -2.11. The highest BCUT2D eigenvalue weighted by Crippen LogP contribution is 2.17. The third kappa shape index (κ3) is 2.79. The second-order valence-corrected chi connectivity index (χ2v) is 3.40. The Balaban J connectivity index is 2.70. The summed E-state index contributed by atoms with van der Waals surface area (Å²) in [4.78, 5) is 0. The predicted molar refractivity (Wildman–Crippen MR) is 54.6 cm³/mol. The molecule has 0 aliphatic heterocycles. The summed E-state index contributed by atoms with van der Waals surface area (Å²) >= 11 is 0. The molecule has 1 rings (SSSR count). The zero-order valence-corrected chi connectivity index (χ0v) is 8.59. The first-order valence-corrected chi connectivity index (χ1v) is 4.65. The molecule has 78 valence electrons. The second kappa shape index (κ2) is 5.08. The molecule has 0 fully saturated rings. The van der Waals surface area contributed by atoms with Crippen molar-refractivity contribution in [1.29, 1.82) is 0 Å². The van der Waals surface area contributed by atoms with Crippen molar-refractivity contribution in [3.05, 3.63) is 35.1 Å². The Morgan fingerprint density at radius 2 is 2.21 bits per heavy atom. The summed E-state index contributed by atoms with van der Waals surface area (Å²) in [5, 5.41) is 0. The van der Waals surface area contributed by atoms with E-state index in [9.17, 15) is 4.39 Å². The SMILES string of the molecule is COCCC(N)c1ccc(C)c(F)c1. The predicted octanol–water partition coefficient (Wildman–Crippen LogP) is 2.17. The number of ether oxygens (including phenoxy) is 1. The lowest BCUT2D eigenvalue weighted by Crippen LogP contribution is -2.12. The van der Waals surface area contributed by atoms with Gasteiger partial charge in [0, 0.05) is 19.8 Å². The van der Waals surface area contributed by atoms with Gasteiger partial charge in [0.2, 0.25) is 0 Å². The molecule has 1 atom stereocenters. The smallest absolute Gasteiger partial charge is 0.126 e. The van der Waals surface area contributed by atoms with E-state index in [1.165, 1.54) is 6.07 Å². The van der Waals surface area contributed by atoms with Gasteiger partial charge in [0.15, 0.2) is 0 Å². The monoisotopic (exact) mass is 197 g/mol. The molecule has 0 aliphatic carbocycles. The molecule has 2 N–H and O–H groups in total. The highest BCUT2D eigenvalue weighted by molar-refractivity contribution is 5.25. The highest BCUT2D eigenvalue weighted by Gasteiger charge is 2.07. The summed E-state index contributed by atoms with van der Waals surface area (Å²) in [6.45, 7) is 2.33. The third-order valence-electron chi connectivity index (χ3n) is 2.26. The van der Waals surface area contributed by atoms with Gasteiger partial charge < -0.3 is 10.5 Å². The molecule has 0 aliphatic rings. The Morgan fingerprint density at radius 3 is 2.79 bits per heavy atom. The van der Waals surface area contributed by atoms with E-state index in [-0.39, 0.29) is 11.9 Å². The number of benzene rings is 1. The first-order chi connectivity index (χ1) is 6.65. The van der Waals surface area contributed by atoms with Crippen molar-refractivity contribution >= 4 is 0 Å². The molecular formula is C11H16FNO. The fourth-order valence-electron chi connectivity index (χ4n) is 1.25. The van der Waals surface area contributed by atoms with Crippen LogP contribution in [0.5, 0.6) is 0 Å². The van der Waals surface area contributed by atoms with Crippen LogP contribution < -0.4 is 5.73 Å². The molecule has 3 heteroatoms. The number of hydrogen-bond donors (Lipinski definition) is 1. The van der Waals surface area contributed by atoms with Crippen molar-refractivity contribution in [2.24, 2.45) is 5.73 Å². The zero-order chi connectivity index (χ0) is 10.6. The molecule has 1 aromatic rings. The summed E-state index contributed by atoms with van der Waals surface area (Å²) in [5.74, 6) is -0.199. The Morgan fingerprint density at radius 1 is 1.50 bits per heavy atom. The van der Waals surface area contributed by atoms with Gasteiger partial charge in [-0.05, 0) is 30.5 Å². The zero-order valence-electron chi connectivity index (χ0n) is 8.59. The van der Waals surface area contributed by atoms with Crippen LogP contribution in [-0.4, -0.2) is 13.7 Å². The minimum atomic E-state index is -0.199. The molecule has 0 radical (unpaired) electrons. The van der Waals surface area contributed by atoms with Gasteiger partial charge in [0.1, 0.15) is 5.82 Å². The Kier molecular flexibility index (Phi) is 4.04. The van der Waals surface area contributed by atoms with E-state index in [1.54, 1.807) is 20.1 Å². The summed E-state index contributed by atoms with van der Waals surface area (Å²) in [7, 11) is 1.63. The molecule has 0 saturated carbocycles. The van der Waals surface area contributed by atoms with Crippen LogP contribution >= 0.6 is 0 Å². The van der Waals surface area contributed by atoms with Crippen LogP contribution in [-0.2, 0) is 4.74 Å². The number of halogens is 1. The lowest BCUT2D eigenvalue weighted by molar-refractivity contribution is 0.188. The van der Waals surface area contributed by atoms with Gasteiger partial charge in [-0.15, -0.1) is 0 Å². The number of nitrogens with two attached hydrogens (primary N) is 1. The van der Waals surface area contributed by atoms with Gasteiger partial charge in [-0.2, -0.15) is 0 Å². The molecule has 0 spiro atoms. The molecule has 2 nitrogen and oxygen atoms in total. The van der Waals surface area contributed by atoms with Crippen molar-refractivity contribution in [3.8, 4) is 0 Å². The maximum Gasteiger partial charge on any atom is 0.126 e. The molecular weight excluding hydrogens is 181 g/mol. The van der Waals surface area contributed by atoms with Gasteiger partial charge in [-0.1, -0.05) is 12.1 Å².